The van der Waals surface area contributed by atoms with Crippen LogP contribution in [-0.4, -0.2) is 75.9 Å². The van der Waals surface area contributed by atoms with Crippen molar-refractivity contribution in [2.45, 2.75) is 39.3 Å². The van der Waals surface area contributed by atoms with E-state index >= 15 is 0 Å². The first-order valence-electron chi connectivity index (χ1n) is 7.13. The molecule has 0 amide bonds. The molecule has 0 aromatic carbocycles. The SMILES string of the molecule is CCN(C(C)CNCCCOC)C(C)CN(C)C. The zero-order chi connectivity index (χ0) is 14.0. The molecule has 18 heavy (non-hydrogen) atoms. The molecule has 0 rings (SSSR count). The third-order valence-electron chi connectivity index (χ3n) is 3.27. The summed E-state index contributed by atoms with van der Waals surface area (Å²) in [6.07, 6.45) is 1.09. The van der Waals surface area contributed by atoms with Gasteiger partial charge in [0.15, 0.2) is 0 Å². The van der Waals surface area contributed by atoms with Crippen LogP contribution in [0.4, 0.5) is 0 Å². The predicted molar refractivity (Wildman–Crippen MR) is 79.2 cm³/mol. The summed E-state index contributed by atoms with van der Waals surface area (Å²) in [4.78, 5) is 4.81. The lowest BCUT2D eigenvalue weighted by molar-refractivity contribution is 0.133. The van der Waals surface area contributed by atoms with Crippen LogP contribution in [0.3, 0.4) is 0 Å². The van der Waals surface area contributed by atoms with E-state index in [1.165, 1.54) is 0 Å². The van der Waals surface area contributed by atoms with Gasteiger partial charge in [-0.15, -0.1) is 0 Å². The highest BCUT2D eigenvalue weighted by Gasteiger charge is 2.18. The van der Waals surface area contributed by atoms with Crippen molar-refractivity contribution >= 4 is 0 Å². The van der Waals surface area contributed by atoms with Crippen molar-refractivity contribution in [2.75, 3.05) is 54.0 Å². The summed E-state index contributed by atoms with van der Waals surface area (Å²) < 4.78 is 5.04. The van der Waals surface area contributed by atoms with Gasteiger partial charge in [-0.2, -0.15) is 0 Å². The van der Waals surface area contributed by atoms with E-state index < -0.39 is 0 Å². The second kappa shape index (κ2) is 10.7. The lowest BCUT2D eigenvalue weighted by atomic mass is 10.2. The Morgan fingerprint density at radius 2 is 1.83 bits per heavy atom. The van der Waals surface area contributed by atoms with Crippen molar-refractivity contribution in [3.8, 4) is 0 Å². The summed E-state index contributed by atoms with van der Waals surface area (Å²) in [5, 5.41) is 3.51. The standard InChI is InChI=1S/C14H33N3O/c1-7-17(14(3)12-16(4)5)13(2)11-15-9-8-10-18-6/h13-15H,7-12H2,1-6H3. The van der Waals surface area contributed by atoms with Gasteiger partial charge in [-0.25, -0.2) is 0 Å². The largest absolute Gasteiger partial charge is 0.385 e. The molecule has 0 bridgehead atoms. The average molecular weight is 259 g/mol. The maximum atomic E-state index is 5.04. The normalized spacial score (nSPS) is 15.3. The first-order valence-corrected chi connectivity index (χ1v) is 7.13. The minimum absolute atomic E-state index is 0.576. The topological polar surface area (TPSA) is 27.7 Å². The Bertz CT molecular complexity index is 188. The van der Waals surface area contributed by atoms with Crippen LogP contribution >= 0.6 is 0 Å². The third-order valence-corrected chi connectivity index (χ3v) is 3.27. The van der Waals surface area contributed by atoms with E-state index in [1.54, 1.807) is 7.11 Å². The van der Waals surface area contributed by atoms with Crippen molar-refractivity contribution in [3.63, 3.8) is 0 Å². The van der Waals surface area contributed by atoms with Crippen molar-refractivity contribution in [3.05, 3.63) is 0 Å². The van der Waals surface area contributed by atoms with Gasteiger partial charge in [-0.05, 0) is 47.5 Å². The number of likely N-dealkylation sites (N-methyl/N-ethyl adjacent to an activating group) is 2. The van der Waals surface area contributed by atoms with Crippen molar-refractivity contribution in [1.82, 2.24) is 15.1 Å². The second-order valence-corrected chi connectivity index (χ2v) is 5.34. The Morgan fingerprint density at radius 3 is 2.33 bits per heavy atom. The Labute approximate surface area is 114 Å². The van der Waals surface area contributed by atoms with Crippen molar-refractivity contribution in [2.24, 2.45) is 0 Å². The summed E-state index contributed by atoms with van der Waals surface area (Å²) in [7, 11) is 6.03. The number of rotatable bonds is 11. The summed E-state index contributed by atoms with van der Waals surface area (Å²) in [6.45, 7) is 12.0. The molecule has 0 aromatic rings. The zero-order valence-corrected chi connectivity index (χ0v) is 13.2. The molecule has 1 N–H and O–H groups in total. The van der Waals surface area contributed by atoms with E-state index in [1.807, 2.05) is 0 Å². The smallest absolute Gasteiger partial charge is 0.0474 e. The van der Waals surface area contributed by atoms with Crippen LogP contribution in [-0.2, 0) is 4.74 Å². The van der Waals surface area contributed by atoms with E-state index in [9.17, 15) is 0 Å². The minimum atomic E-state index is 0.576. The van der Waals surface area contributed by atoms with E-state index in [-0.39, 0.29) is 0 Å². The number of hydrogen-bond acceptors (Lipinski definition) is 4. The molecule has 0 heterocycles. The van der Waals surface area contributed by atoms with Gasteiger partial charge in [-0.1, -0.05) is 6.92 Å². The fourth-order valence-electron chi connectivity index (χ4n) is 2.46. The molecule has 0 fully saturated rings. The van der Waals surface area contributed by atoms with Gasteiger partial charge in [0.1, 0.15) is 0 Å². The van der Waals surface area contributed by atoms with E-state index in [0.29, 0.717) is 12.1 Å². The summed E-state index contributed by atoms with van der Waals surface area (Å²) in [5.74, 6) is 0. The van der Waals surface area contributed by atoms with Gasteiger partial charge >= 0.3 is 0 Å². The molecule has 4 nitrogen and oxygen atoms in total. The molecule has 110 valence electrons. The van der Waals surface area contributed by atoms with Crippen molar-refractivity contribution < 1.29 is 4.74 Å². The Kier molecular flexibility index (Phi) is 10.6. The second-order valence-electron chi connectivity index (χ2n) is 5.34. The summed E-state index contributed by atoms with van der Waals surface area (Å²) in [6, 6.07) is 1.17. The van der Waals surface area contributed by atoms with E-state index in [0.717, 1.165) is 39.2 Å². The molecule has 2 atom stereocenters. The van der Waals surface area contributed by atoms with Crippen LogP contribution in [0.25, 0.3) is 0 Å². The zero-order valence-electron chi connectivity index (χ0n) is 13.2. The predicted octanol–water partition coefficient (Wildman–Crippen LogP) is 1.27. The molecule has 2 unspecified atom stereocenters. The molecular weight excluding hydrogens is 226 g/mol. The highest BCUT2D eigenvalue weighted by Crippen LogP contribution is 2.05. The highest BCUT2D eigenvalue weighted by molar-refractivity contribution is 4.75. The number of nitrogens with zero attached hydrogens (tertiary/aromatic N) is 2. The molecule has 4 heteroatoms. The Morgan fingerprint density at radius 1 is 1.17 bits per heavy atom. The quantitative estimate of drug-likeness (QED) is 0.566. The fourth-order valence-corrected chi connectivity index (χ4v) is 2.46. The van der Waals surface area contributed by atoms with Crippen LogP contribution in [0.15, 0.2) is 0 Å². The first kappa shape index (κ1) is 17.8. The molecule has 0 aliphatic rings. The maximum absolute atomic E-state index is 5.04. The van der Waals surface area contributed by atoms with Gasteiger partial charge in [0.2, 0.25) is 0 Å². The van der Waals surface area contributed by atoms with Gasteiger partial charge in [0, 0.05) is 38.9 Å². The number of hydrogen-bond donors (Lipinski definition) is 1. The van der Waals surface area contributed by atoms with E-state index in [4.69, 9.17) is 4.74 Å². The van der Waals surface area contributed by atoms with Gasteiger partial charge in [0.25, 0.3) is 0 Å². The van der Waals surface area contributed by atoms with Gasteiger partial charge in [-0.3, -0.25) is 4.90 Å². The maximum Gasteiger partial charge on any atom is 0.0474 e. The van der Waals surface area contributed by atoms with E-state index in [2.05, 4.69) is 50.0 Å². The fraction of sp³-hybridized carbons (Fsp3) is 1.00. The average Bonchev–Trinajstić information content (AvgIpc) is 2.28. The molecule has 0 saturated carbocycles. The van der Waals surface area contributed by atoms with Crippen LogP contribution in [0.2, 0.25) is 0 Å². The van der Waals surface area contributed by atoms with Gasteiger partial charge < -0.3 is 15.0 Å². The summed E-state index contributed by atoms with van der Waals surface area (Å²) in [5.41, 5.74) is 0. The lowest BCUT2D eigenvalue weighted by Gasteiger charge is -2.35. The Hall–Kier alpha value is -0.160. The molecule has 0 aromatic heterocycles. The molecule has 0 saturated heterocycles. The number of ether oxygens (including phenoxy) is 1. The minimum Gasteiger partial charge on any atom is -0.385 e. The Balaban J connectivity index is 3.90. The first-order chi connectivity index (χ1) is 8.52. The molecule has 0 aliphatic heterocycles. The van der Waals surface area contributed by atoms with Crippen LogP contribution < -0.4 is 5.32 Å². The number of methoxy groups -OCH3 is 1. The van der Waals surface area contributed by atoms with Crippen LogP contribution in [0.1, 0.15) is 27.2 Å². The van der Waals surface area contributed by atoms with Crippen LogP contribution in [0.5, 0.6) is 0 Å². The summed E-state index contributed by atoms with van der Waals surface area (Å²) >= 11 is 0. The molecular formula is C14H33N3O. The lowest BCUT2D eigenvalue weighted by Crippen LogP contribution is -2.48. The molecule has 0 aliphatic carbocycles. The highest BCUT2D eigenvalue weighted by atomic mass is 16.5. The number of nitrogens with one attached hydrogen (secondary N) is 1. The molecule has 0 radical (unpaired) electrons. The third kappa shape index (κ3) is 8.03. The monoisotopic (exact) mass is 259 g/mol. The molecule has 0 spiro atoms. The van der Waals surface area contributed by atoms with Crippen molar-refractivity contribution in [1.29, 1.82) is 0 Å². The van der Waals surface area contributed by atoms with Crippen LogP contribution in [0, 0.1) is 0 Å². The van der Waals surface area contributed by atoms with Gasteiger partial charge in [0.05, 0.1) is 0 Å².